The molecule has 0 bridgehead atoms. The molecule has 32 heavy (non-hydrogen) atoms. The largest absolute Gasteiger partial charge is 0.497 e. The first-order valence-electron chi connectivity index (χ1n) is 11.0. The maximum atomic E-state index is 12.9. The predicted molar refractivity (Wildman–Crippen MR) is 128 cm³/mol. The van der Waals surface area contributed by atoms with E-state index < -0.39 is 0 Å². The molecule has 0 unspecified atom stereocenters. The molecule has 0 radical (unpaired) electrons. The number of ether oxygens (including phenoxy) is 2. The zero-order chi connectivity index (χ0) is 22.9. The highest BCUT2D eigenvalue weighted by Gasteiger charge is 2.22. The molecule has 0 heterocycles. The van der Waals surface area contributed by atoms with E-state index in [0.29, 0.717) is 35.4 Å². The molecule has 0 aromatic heterocycles. The number of amides is 2. The molecule has 7 heteroatoms. The molecule has 2 aromatic rings. The van der Waals surface area contributed by atoms with Crippen molar-refractivity contribution in [3.05, 3.63) is 53.6 Å². The molecule has 0 aliphatic heterocycles. The number of thioether (sulfide) groups is 1. The molecule has 2 amide bonds. The Labute approximate surface area is 194 Å². The molecule has 6 nitrogen and oxygen atoms in total. The highest BCUT2D eigenvalue weighted by atomic mass is 32.2. The van der Waals surface area contributed by atoms with Crippen LogP contribution in [0.2, 0.25) is 0 Å². The summed E-state index contributed by atoms with van der Waals surface area (Å²) in [4.78, 5) is 28.3. The quantitative estimate of drug-likeness (QED) is 0.562. The summed E-state index contributed by atoms with van der Waals surface area (Å²) in [6.07, 6.45) is 5.81. The molecule has 0 atom stereocenters. The SMILES string of the molecule is COc1ccc(OC)c(CNC(=O)c2ccccc2SCC(=O)N(C)C2CCCCC2)c1. The minimum atomic E-state index is -0.189. The lowest BCUT2D eigenvalue weighted by Crippen LogP contribution is -2.39. The maximum Gasteiger partial charge on any atom is 0.252 e. The summed E-state index contributed by atoms with van der Waals surface area (Å²) in [5.74, 6) is 1.63. The van der Waals surface area contributed by atoms with Crippen molar-refractivity contribution < 1.29 is 19.1 Å². The third-order valence-electron chi connectivity index (χ3n) is 5.93. The summed E-state index contributed by atoms with van der Waals surface area (Å²) in [6.45, 7) is 0.307. The number of carbonyl (C=O) groups is 2. The van der Waals surface area contributed by atoms with Gasteiger partial charge in [-0.15, -0.1) is 11.8 Å². The van der Waals surface area contributed by atoms with E-state index >= 15 is 0 Å². The number of nitrogens with one attached hydrogen (secondary N) is 1. The van der Waals surface area contributed by atoms with Crippen LogP contribution < -0.4 is 14.8 Å². The summed E-state index contributed by atoms with van der Waals surface area (Å²) in [5, 5.41) is 2.96. The molecule has 1 fully saturated rings. The Bertz CT molecular complexity index is 928. The molecular weight excluding hydrogens is 424 g/mol. The first kappa shape index (κ1) is 24.0. The van der Waals surface area contributed by atoms with Gasteiger partial charge in [0.2, 0.25) is 5.91 Å². The first-order chi connectivity index (χ1) is 15.5. The van der Waals surface area contributed by atoms with Gasteiger partial charge in [0.15, 0.2) is 0 Å². The van der Waals surface area contributed by atoms with Crippen molar-refractivity contribution in [1.29, 1.82) is 0 Å². The van der Waals surface area contributed by atoms with E-state index in [-0.39, 0.29) is 11.8 Å². The van der Waals surface area contributed by atoms with E-state index in [1.165, 1.54) is 31.0 Å². The molecule has 1 aliphatic carbocycles. The highest BCUT2D eigenvalue weighted by Crippen LogP contribution is 2.27. The fraction of sp³-hybridized carbons (Fsp3) is 0.440. The molecule has 1 saturated carbocycles. The molecule has 3 rings (SSSR count). The van der Waals surface area contributed by atoms with Crippen molar-refractivity contribution in [2.75, 3.05) is 27.0 Å². The predicted octanol–water partition coefficient (Wildman–Crippen LogP) is 4.52. The van der Waals surface area contributed by atoms with Crippen LogP contribution in [0.3, 0.4) is 0 Å². The van der Waals surface area contributed by atoms with Crippen LogP contribution in [0.25, 0.3) is 0 Å². The van der Waals surface area contributed by atoms with Gasteiger partial charge < -0.3 is 19.7 Å². The van der Waals surface area contributed by atoms with E-state index in [9.17, 15) is 9.59 Å². The minimum Gasteiger partial charge on any atom is -0.497 e. The van der Waals surface area contributed by atoms with Gasteiger partial charge in [-0.3, -0.25) is 9.59 Å². The van der Waals surface area contributed by atoms with Crippen molar-refractivity contribution in [2.45, 2.75) is 49.6 Å². The molecule has 172 valence electrons. The fourth-order valence-electron chi connectivity index (χ4n) is 3.98. The van der Waals surface area contributed by atoms with E-state index in [1.807, 2.05) is 48.3 Å². The third kappa shape index (κ3) is 6.19. The summed E-state index contributed by atoms with van der Waals surface area (Å²) in [7, 11) is 5.10. The topological polar surface area (TPSA) is 67.9 Å². The Kier molecular flexibility index (Phi) is 8.85. The zero-order valence-electron chi connectivity index (χ0n) is 19.1. The van der Waals surface area contributed by atoms with E-state index in [1.54, 1.807) is 20.3 Å². The van der Waals surface area contributed by atoms with Crippen LogP contribution in [0.15, 0.2) is 47.4 Å². The minimum absolute atomic E-state index is 0.109. The Morgan fingerprint density at radius 2 is 1.81 bits per heavy atom. The standard InChI is InChI=1S/C25H32N2O4S/c1-27(19-9-5-4-6-10-19)24(28)17-32-23-12-8-7-11-21(23)25(29)26-16-18-15-20(30-2)13-14-22(18)31-3/h7-8,11-15,19H,4-6,9-10,16-17H2,1-3H3,(H,26,29). The number of hydrogen-bond donors (Lipinski definition) is 1. The lowest BCUT2D eigenvalue weighted by atomic mass is 9.94. The maximum absolute atomic E-state index is 12.9. The zero-order valence-corrected chi connectivity index (χ0v) is 19.9. The van der Waals surface area contributed by atoms with Crippen molar-refractivity contribution >= 4 is 23.6 Å². The molecule has 1 N–H and O–H groups in total. The van der Waals surface area contributed by atoms with Gasteiger partial charge in [-0.05, 0) is 43.2 Å². The number of carbonyl (C=O) groups excluding carboxylic acids is 2. The average molecular weight is 457 g/mol. The highest BCUT2D eigenvalue weighted by molar-refractivity contribution is 8.00. The fourth-order valence-corrected chi connectivity index (χ4v) is 4.96. The molecular formula is C25H32N2O4S. The van der Waals surface area contributed by atoms with Crippen molar-refractivity contribution in [1.82, 2.24) is 10.2 Å². The van der Waals surface area contributed by atoms with Crippen LogP contribution in [0, 0.1) is 0 Å². The summed E-state index contributed by atoms with van der Waals surface area (Å²) >= 11 is 1.41. The van der Waals surface area contributed by atoms with Gasteiger partial charge in [0.25, 0.3) is 5.91 Å². The molecule has 2 aromatic carbocycles. The van der Waals surface area contributed by atoms with Crippen molar-refractivity contribution in [2.24, 2.45) is 0 Å². The summed E-state index contributed by atoms with van der Waals surface area (Å²) in [5.41, 5.74) is 1.39. The van der Waals surface area contributed by atoms with Gasteiger partial charge in [0.1, 0.15) is 11.5 Å². The number of rotatable bonds is 9. The van der Waals surface area contributed by atoms with Gasteiger partial charge in [-0.1, -0.05) is 31.4 Å². The normalized spacial score (nSPS) is 14.0. The number of methoxy groups -OCH3 is 2. The summed E-state index contributed by atoms with van der Waals surface area (Å²) in [6, 6.07) is 13.2. The van der Waals surface area contributed by atoms with Crippen LogP contribution in [0.5, 0.6) is 11.5 Å². The van der Waals surface area contributed by atoms with Crippen LogP contribution in [-0.2, 0) is 11.3 Å². The number of benzene rings is 2. The Morgan fingerprint density at radius 3 is 2.53 bits per heavy atom. The Balaban J connectivity index is 1.62. The van der Waals surface area contributed by atoms with E-state index in [4.69, 9.17) is 9.47 Å². The second-order valence-corrected chi connectivity index (χ2v) is 8.96. The molecule has 0 spiro atoms. The van der Waals surface area contributed by atoms with Crippen LogP contribution in [0.1, 0.15) is 48.0 Å². The smallest absolute Gasteiger partial charge is 0.252 e. The van der Waals surface area contributed by atoms with E-state index in [2.05, 4.69) is 5.32 Å². The molecule has 1 aliphatic rings. The Hall–Kier alpha value is -2.67. The first-order valence-corrected chi connectivity index (χ1v) is 12.0. The van der Waals surface area contributed by atoms with Crippen LogP contribution >= 0.6 is 11.8 Å². The molecule has 0 saturated heterocycles. The average Bonchev–Trinajstić information content (AvgIpc) is 2.85. The number of nitrogens with zero attached hydrogens (tertiary/aromatic N) is 1. The van der Waals surface area contributed by atoms with Crippen molar-refractivity contribution in [3.63, 3.8) is 0 Å². The lowest BCUT2D eigenvalue weighted by Gasteiger charge is -2.31. The van der Waals surface area contributed by atoms with Gasteiger partial charge >= 0.3 is 0 Å². The van der Waals surface area contributed by atoms with Gasteiger partial charge in [0, 0.05) is 30.1 Å². The van der Waals surface area contributed by atoms with Crippen LogP contribution in [-0.4, -0.2) is 49.8 Å². The van der Waals surface area contributed by atoms with Gasteiger partial charge in [-0.25, -0.2) is 0 Å². The lowest BCUT2D eigenvalue weighted by molar-refractivity contribution is -0.129. The van der Waals surface area contributed by atoms with Crippen LogP contribution in [0.4, 0.5) is 0 Å². The third-order valence-corrected chi connectivity index (χ3v) is 6.98. The van der Waals surface area contributed by atoms with Crippen molar-refractivity contribution in [3.8, 4) is 11.5 Å². The second kappa shape index (κ2) is 11.8. The van der Waals surface area contributed by atoms with Gasteiger partial charge in [0.05, 0.1) is 25.5 Å². The second-order valence-electron chi connectivity index (χ2n) is 7.94. The Morgan fingerprint density at radius 1 is 1.06 bits per heavy atom. The monoisotopic (exact) mass is 456 g/mol. The number of hydrogen-bond acceptors (Lipinski definition) is 5. The summed E-state index contributed by atoms with van der Waals surface area (Å²) < 4.78 is 10.7. The van der Waals surface area contributed by atoms with Gasteiger partial charge in [-0.2, -0.15) is 0 Å². The van der Waals surface area contributed by atoms with E-state index in [0.717, 1.165) is 23.3 Å².